The predicted octanol–water partition coefficient (Wildman–Crippen LogP) is 7.65. The number of ketones is 1. The summed E-state index contributed by atoms with van der Waals surface area (Å²) in [5.74, 6) is -5.13. The molecule has 4 aromatic carbocycles. The number of nitro groups is 3. The third-order valence-corrected chi connectivity index (χ3v) is 8.85. The minimum absolute atomic E-state index is 0.000818. The van der Waals surface area contributed by atoms with Crippen molar-refractivity contribution in [3.8, 4) is 0 Å². The molecular weight excluding hydrogens is 913 g/mol. The second-order valence-corrected chi connectivity index (χ2v) is 13.6. The molecule has 0 spiro atoms. The van der Waals surface area contributed by atoms with E-state index < -0.39 is 62.5 Å². The number of hydrogen-bond donors (Lipinski definition) is 2. The average Bonchev–Trinajstić information content (AvgIpc) is 3.74. The lowest BCUT2D eigenvalue weighted by Crippen LogP contribution is -2.20. The number of aromatic carboxylic acids is 1. The number of carboxylic acids is 1. The summed E-state index contributed by atoms with van der Waals surface area (Å²) in [5, 5.41) is 41.5. The molecule has 2 N–H and O–H groups in total. The zero-order valence-electron chi connectivity index (χ0n) is 38.4. The molecular formula is C46H48N4O19. The molecule has 0 unspecified atom stereocenters. The van der Waals surface area contributed by atoms with E-state index in [2.05, 4.69) is 9.72 Å². The van der Waals surface area contributed by atoms with Gasteiger partial charge in [-0.1, -0.05) is 24.3 Å². The van der Waals surface area contributed by atoms with Crippen LogP contribution >= 0.6 is 0 Å². The first-order valence-electron chi connectivity index (χ1n) is 20.7. The van der Waals surface area contributed by atoms with Crippen LogP contribution in [0.1, 0.15) is 103 Å². The summed E-state index contributed by atoms with van der Waals surface area (Å²) in [7, 11) is 0. The second-order valence-electron chi connectivity index (χ2n) is 13.6. The Labute approximate surface area is 392 Å². The standard InChI is InChI=1S/C14H15NO7.C14H15NO4.C10H11NO4.C8H7NO4/c1-3-21-13(17)10-6-5-9(11(7-10)15(19)20)8-12(16)14(18)22-4-2;1-3-18-13(16)10-6-5-9-7-12(14(17)19-4-2)15-11(9)8-10;1-3-15-10(12)8-5-4-7(2)9(6-8)11(13)14;1-5-2-3-6(8(10)11)4-7(5)9(12)13/h5-7H,3-4,8H2,1-2H3;5-8,15H,3-4H2,1-2H3;4-6H,3H2,1-2H3;2-4H,1H3,(H,10,11). The molecule has 0 aliphatic heterocycles. The Morgan fingerprint density at radius 1 is 0.507 bits per heavy atom. The number of carbonyl (C=O) groups excluding carboxylic acids is 6. The summed E-state index contributed by atoms with van der Waals surface area (Å²) in [6, 6.07) is 18.5. The van der Waals surface area contributed by atoms with Crippen molar-refractivity contribution in [2.24, 2.45) is 0 Å². The van der Waals surface area contributed by atoms with Gasteiger partial charge in [-0.25, -0.2) is 28.8 Å². The fraction of sp³-hybridized carbons (Fsp3) is 0.283. The van der Waals surface area contributed by atoms with Crippen molar-refractivity contribution in [3.63, 3.8) is 0 Å². The number of fused-ring (bicyclic) bond motifs is 1. The fourth-order valence-corrected chi connectivity index (χ4v) is 5.56. The maximum absolute atomic E-state index is 11.6. The SMILES string of the molecule is CCOC(=O)C(=O)Cc1ccc(C(=O)OCC)cc1[N+](=O)[O-].CCOC(=O)c1ccc(C)c([N+](=O)[O-])c1.CCOC(=O)c1ccc2cc(C(=O)OCC)[nH]c2c1.Cc1ccc(C(=O)O)cc1[N+](=O)[O-]. The summed E-state index contributed by atoms with van der Waals surface area (Å²) in [4.78, 5) is 113. The number of H-pyrrole nitrogens is 1. The summed E-state index contributed by atoms with van der Waals surface area (Å²) in [5.41, 5.74) is 1.99. The number of benzene rings is 4. The molecule has 23 nitrogen and oxygen atoms in total. The highest BCUT2D eigenvalue weighted by atomic mass is 16.6. The molecule has 0 bridgehead atoms. The van der Waals surface area contributed by atoms with Gasteiger partial charge >= 0.3 is 35.8 Å². The van der Waals surface area contributed by atoms with Gasteiger partial charge in [-0.15, -0.1) is 0 Å². The van der Waals surface area contributed by atoms with Gasteiger partial charge in [0.25, 0.3) is 17.1 Å². The molecule has 23 heteroatoms. The third-order valence-electron chi connectivity index (χ3n) is 8.85. The van der Waals surface area contributed by atoms with Crippen LogP contribution in [-0.4, -0.2) is 99.5 Å². The normalized spacial score (nSPS) is 9.96. The van der Waals surface area contributed by atoms with Gasteiger partial charge in [-0.05, 0) is 84.9 Å². The molecule has 0 amide bonds. The van der Waals surface area contributed by atoms with Crippen LogP contribution in [0.5, 0.6) is 0 Å². The lowest BCUT2D eigenvalue weighted by molar-refractivity contribution is -0.385. The van der Waals surface area contributed by atoms with Crippen molar-refractivity contribution in [1.82, 2.24) is 4.98 Å². The van der Waals surface area contributed by atoms with Crippen LogP contribution < -0.4 is 0 Å². The molecule has 0 fully saturated rings. The monoisotopic (exact) mass is 960 g/mol. The smallest absolute Gasteiger partial charge is 0.374 e. The van der Waals surface area contributed by atoms with Crippen LogP contribution in [0.15, 0.2) is 78.9 Å². The number of hydrogen-bond acceptors (Lipinski definition) is 18. The third kappa shape index (κ3) is 17.1. The average molecular weight is 961 g/mol. The quantitative estimate of drug-likeness (QED) is 0.0315. The number of aromatic amines is 1. The van der Waals surface area contributed by atoms with E-state index in [0.29, 0.717) is 41.1 Å². The van der Waals surface area contributed by atoms with Crippen molar-refractivity contribution < 1.29 is 77.1 Å². The Kier molecular flexibility index (Phi) is 22.5. The number of aromatic nitrogens is 1. The molecule has 5 aromatic rings. The van der Waals surface area contributed by atoms with Crippen LogP contribution in [0.3, 0.4) is 0 Å². The maximum Gasteiger partial charge on any atom is 0.374 e. The number of nitrogens with zero attached hydrogens (tertiary/aromatic N) is 3. The van der Waals surface area contributed by atoms with Crippen LogP contribution in [-0.2, 0) is 39.7 Å². The number of Topliss-reactive ketones (excluding diaryl/α,β-unsaturated/α-hetero) is 1. The topological polar surface area (TPSA) is 331 Å². The van der Waals surface area contributed by atoms with Gasteiger partial charge in [0.1, 0.15) is 5.69 Å². The highest BCUT2D eigenvalue weighted by Crippen LogP contribution is 2.23. The Morgan fingerprint density at radius 3 is 1.35 bits per heavy atom. The van der Waals surface area contributed by atoms with Crippen LogP contribution in [0, 0.1) is 44.2 Å². The zero-order chi connectivity index (χ0) is 52.0. The molecule has 0 saturated heterocycles. The second kappa shape index (κ2) is 27.6. The van der Waals surface area contributed by atoms with E-state index in [-0.39, 0.29) is 59.4 Å². The molecule has 0 aliphatic carbocycles. The number of ether oxygens (including phenoxy) is 5. The van der Waals surface area contributed by atoms with Crippen molar-refractivity contribution in [2.75, 3.05) is 33.0 Å². The van der Waals surface area contributed by atoms with Crippen molar-refractivity contribution in [1.29, 1.82) is 0 Å². The summed E-state index contributed by atoms with van der Waals surface area (Å²) in [6.45, 7) is 12.6. The molecule has 1 aromatic heterocycles. The van der Waals surface area contributed by atoms with E-state index in [9.17, 15) is 63.9 Å². The summed E-state index contributed by atoms with van der Waals surface area (Å²) < 4.78 is 23.9. The van der Waals surface area contributed by atoms with Crippen molar-refractivity contribution >= 4 is 69.6 Å². The first-order valence-corrected chi connectivity index (χ1v) is 20.7. The number of nitro benzene ring substituents is 3. The van der Waals surface area contributed by atoms with Gasteiger partial charge in [-0.2, -0.15) is 0 Å². The summed E-state index contributed by atoms with van der Waals surface area (Å²) >= 11 is 0. The van der Waals surface area contributed by atoms with E-state index in [1.54, 1.807) is 72.7 Å². The Hall–Kier alpha value is -8.89. The van der Waals surface area contributed by atoms with Gasteiger partial charge in [0.05, 0.1) is 70.1 Å². The van der Waals surface area contributed by atoms with E-state index in [1.807, 2.05) is 0 Å². The zero-order valence-corrected chi connectivity index (χ0v) is 38.4. The number of aryl methyl sites for hydroxylation is 2. The highest BCUT2D eigenvalue weighted by molar-refractivity contribution is 6.34. The van der Waals surface area contributed by atoms with Gasteiger partial charge in [0.2, 0.25) is 5.78 Å². The molecule has 5 rings (SSSR count). The molecule has 0 aliphatic rings. The number of carbonyl (C=O) groups is 7. The fourth-order valence-electron chi connectivity index (χ4n) is 5.56. The predicted molar refractivity (Wildman–Crippen MR) is 243 cm³/mol. The van der Waals surface area contributed by atoms with E-state index in [0.717, 1.165) is 17.5 Å². The van der Waals surface area contributed by atoms with Gasteiger partial charge in [-0.3, -0.25) is 35.1 Å². The Morgan fingerprint density at radius 2 is 0.899 bits per heavy atom. The largest absolute Gasteiger partial charge is 0.478 e. The van der Waals surface area contributed by atoms with Crippen molar-refractivity contribution in [3.05, 3.63) is 154 Å². The Bertz CT molecular complexity index is 2710. The molecule has 69 heavy (non-hydrogen) atoms. The van der Waals surface area contributed by atoms with Crippen molar-refractivity contribution in [2.45, 2.75) is 54.9 Å². The minimum atomic E-state index is -1.16. The summed E-state index contributed by atoms with van der Waals surface area (Å²) in [6.07, 6.45) is -0.474. The first kappa shape index (κ1) is 56.2. The van der Waals surface area contributed by atoms with Crippen LogP contribution in [0.4, 0.5) is 17.1 Å². The van der Waals surface area contributed by atoms with Crippen LogP contribution in [0.25, 0.3) is 10.9 Å². The van der Waals surface area contributed by atoms with E-state index in [4.69, 9.17) is 24.1 Å². The molecule has 366 valence electrons. The molecule has 0 atom stereocenters. The van der Waals surface area contributed by atoms with Gasteiger partial charge < -0.3 is 33.8 Å². The van der Waals surface area contributed by atoms with E-state index >= 15 is 0 Å². The molecule has 0 saturated carbocycles. The minimum Gasteiger partial charge on any atom is -0.478 e. The lowest BCUT2D eigenvalue weighted by atomic mass is 10.0. The number of nitrogens with one attached hydrogen (secondary N) is 1. The van der Waals surface area contributed by atoms with Crippen LogP contribution in [0.2, 0.25) is 0 Å². The first-order chi connectivity index (χ1) is 32.6. The van der Waals surface area contributed by atoms with E-state index in [1.165, 1.54) is 42.5 Å². The number of carboxylic acid groups (broad SMARTS) is 1. The number of esters is 5. The highest BCUT2D eigenvalue weighted by Gasteiger charge is 2.24. The maximum atomic E-state index is 11.6. The van der Waals surface area contributed by atoms with Gasteiger partial charge in [0.15, 0.2) is 0 Å². The Balaban J connectivity index is 0.000000322. The van der Waals surface area contributed by atoms with Gasteiger partial charge in [0, 0.05) is 52.2 Å². The lowest BCUT2D eigenvalue weighted by Gasteiger charge is -2.05. The number of rotatable bonds is 16. The molecule has 0 radical (unpaired) electrons. The molecule has 1 heterocycles.